The van der Waals surface area contributed by atoms with Crippen molar-refractivity contribution in [2.24, 2.45) is 0 Å². The average molecular weight is 489 g/mol. The summed E-state index contributed by atoms with van der Waals surface area (Å²) in [6.45, 7) is 4.51. The second-order valence-corrected chi connectivity index (χ2v) is 10.5. The van der Waals surface area contributed by atoms with Crippen molar-refractivity contribution < 1.29 is 0 Å². The third kappa shape index (κ3) is 2.83. The van der Waals surface area contributed by atoms with Gasteiger partial charge in [-0.2, -0.15) is 0 Å². The summed E-state index contributed by atoms with van der Waals surface area (Å²) < 4.78 is 2.32. The van der Waals surface area contributed by atoms with Gasteiger partial charge in [0, 0.05) is 21.9 Å². The summed E-state index contributed by atoms with van der Waals surface area (Å²) in [7, 11) is 0. The fourth-order valence-corrected chi connectivity index (χ4v) is 6.06. The summed E-state index contributed by atoms with van der Waals surface area (Å²) in [5.74, 6) is 1.78. The van der Waals surface area contributed by atoms with E-state index in [1.54, 1.807) is 0 Å². The SMILES string of the molecule is CC1(C)c2cccc(-c3nc(-c4ccccc4)c4ccc5ccccc5c4n3)c2-n2c1nc1ccccc12. The molecule has 4 heteroatoms. The molecule has 0 amide bonds. The third-order valence-corrected chi connectivity index (χ3v) is 7.93. The molecule has 4 nitrogen and oxygen atoms in total. The molecule has 0 aliphatic carbocycles. The van der Waals surface area contributed by atoms with E-state index in [-0.39, 0.29) is 5.41 Å². The number of aromatic nitrogens is 4. The van der Waals surface area contributed by atoms with Crippen molar-refractivity contribution in [3.63, 3.8) is 0 Å². The number of nitrogens with zero attached hydrogens (tertiary/aromatic N) is 4. The maximum atomic E-state index is 5.28. The van der Waals surface area contributed by atoms with E-state index in [0.717, 1.165) is 61.5 Å². The van der Waals surface area contributed by atoms with E-state index in [0.29, 0.717) is 0 Å². The molecule has 0 atom stereocenters. The first-order chi connectivity index (χ1) is 18.6. The van der Waals surface area contributed by atoms with Gasteiger partial charge in [0.15, 0.2) is 5.82 Å². The van der Waals surface area contributed by atoms with E-state index in [1.807, 2.05) is 6.07 Å². The van der Waals surface area contributed by atoms with Crippen LogP contribution in [0.25, 0.3) is 61.0 Å². The maximum absolute atomic E-state index is 5.28. The Labute approximate surface area is 220 Å². The number of rotatable bonds is 2. The van der Waals surface area contributed by atoms with Crippen LogP contribution < -0.4 is 0 Å². The number of hydrogen-bond acceptors (Lipinski definition) is 3. The summed E-state index contributed by atoms with van der Waals surface area (Å²) in [6, 6.07) is 38.1. The smallest absolute Gasteiger partial charge is 0.162 e. The molecule has 1 aliphatic heterocycles. The highest BCUT2D eigenvalue weighted by atomic mass is 15.1. The van der Waals surface area contributed by atoms with Crippen LogP contribution in [0, 0.1) is 0 Å². The van der Waals surface area contributed by atoms with Gasteiger partial charge in [-0.1, -0.05) is 84.9 Å². The van der Waals surface area contributed by atoms with Crippen LogP contribution in [0.2, 0.25) is 0 Å². The predicted molar refractivity (Wildman–Crippen MR) is 155 cm³/mol. The zero-order valence-electron chi connectivity index (χ0n) is 21.2. The molecule has 1 aliphatic rings. The lowest BCUT2D eigenvalue weighted by atomic mass is 9.84. The Bertz CT molecular complexity index is 2050. The van der Waals surface area contributed by atoms with Crippen LogP contribution in [0.3, 0.4) is 0 Å². The van der Waals surface area contributed by atoms with E-state index >= 15 is 0 Å². The van der Waals surface area contributed by atoms with Crippen molar-refractivity contribution in [3.8, 4) is 28.3 Å². The third-order valence-electron chi connectivity index (χ3n) is 7.93. The van der Waals surface area contributed by atoms with E-state index in [4.69, 9.17) is 15.0 Å². The minimum atomic E-state index is -0.240. The highest BCUT2D eigenvalue weighted by Gasteiger charge is 2.40. The van der Waals surface area contributed by atoms with E-state index in [1.165, 1.54) is 10.9 Å². The van der Waals surface area contributed by atoms with Gasteiger partial charge in [0.1, 0.15) is 5.82 Å². The van der Waals surface area contributed by atoms with Gasteiger partial charge < -0.3 is 0 Å². The number of para-hydroxylation sites is 3. The normalized spacial score (nSPS) is 13.7. The van der Waals surface area contributed by atoms with Crippen molar-refractivity contribution in [2.45, 2.75) is 19.3 Å². The van der Waals surface area contributed by atoms with Crippen LogP contribution in [0.1, 0.15) is 25.2 Å². The number of imidazole rings is 1. The van der Waals surface area contributed by atoms with Gasteiger partial charge >= 0.3 is 0 Å². The molecule has 2 aromatic heterocycles. The van der Waals surface area contributed by atoms with Gasteiger partial charge in [0.2, 0.25) is 0 Å². The van der Waals surface area contributed by atoms with Crippen LogP contribution in [-0.4, -0.2) is 19.5 Å². The molecule has 0 bridgehead atoms. The van der Waals surface area contributed by atoms with Crippen molar-refractivity contribution >= 4 is 32.7 Å². The zero-order chi connectivity index (χ0) is 25.4. The van der Waals surface area contributed by atoms with Crippen LogP contribution >= 0.6 is 0 Å². The van der Waals surface area contributed by atoms with Crippen molar-refractivity contribution in [1.82, 2.24) is 19.5 Å². The fraction of sp³-hybridized carbons (Fsp3) is 0.0882. The Balaban J connectivity index is 1.50. The second-order valence-electron chi connectivity index (χ2n) is 10.5. The molecule has 7 aromatic rings. The minimum Gasteiger partial charge on any atom is -0.294 e. The summed E-state index contributed by atoms with van der Waals surface area (Å²) in [5, 5.41) is 3.36. The topological polar surface area (TPSA) is 43.6 Å². The van der Waals surface area contributed by atoms with Crippen molar-refractivity contribution in [1.29, 1.82) is 0 Å². The lowest BCUT2D eigenvalue weighted by Crippen LogP contribution is -2.16. The van der Waals surface area contributed by atoms with E-state index in [2.05, 4.69) is 122 Å². The Morgan fingerprint density at radius 1 is 0.632 bits per heavy atom. The molecule has 0 spiro atoms. The Morgan fingerprint density at radius 2 is 1.42 bits per heavy atom. The summed E-state index contributed by atoms with van der Waals surface area (Å²) in [4.78, 5) is 15.6. The minimum absolute atomic E-state index is 0.240. The van der Waals surface area contributed by atoms with E-state index < -0.39 is 0 Å². The monoisotopic (exact) mass is 488 g/mol. The molecule has 0 saturated heterocycles. The molecule has 0 fully saturated rings. The van der Waals surface area contributed by atoms with Crippen molar-refractivity contribution in [3.05, 3.63) is 121 Å². The molecule has 180 valence electrons. The second kappa shape index (κ2) is 7.59. The van der Waals surface area contributed by atoms with Crippen LogP contribution in [0.5, 0.6) is 0 Å². The molecular formula is C34H24N4. The molecular weight excluding hydrogens is 464 g/mol. The van der Waals surface area contributed by atoms with Crippen LogP contribution in [0.15, 0.2) is 109 Å². The van der Waals surface area contributed by atoms with Gasteiger partial charge in [-0.05, 0) is 49.1 Å². The van der Waals surface area contributed by atoms with Crippen LogP contribution in [-0.2, 0) is 5.41 Å². The molecule has 3 heterocycles. The van der Waals surface area contributed by atoms with Crippen LogP contribution in [0.4, 0.5) is 0 Å². The lowest BCUT2D eigenvalue weighted by molar-refractivity contribution is 0.621. The lowest BCUT2D eigenvalue weighted by Gasteiger charge is -2.18. The molecule has 5 aromatic carbocycles. The fourth-order valence-electron chi connectivity index (χ4n) is 6.06. The number of fused-ring (bicyclic) bond motifs is 8. The largest absolute Gasteiger partial charge is 0.294 e. The molecule has 0 radical (unpaired) electrons. The summed E-state index contributed by atoms with van der Waals surface area (Å²) in [5.41, 5.74) is 8.26. The molecule has 0 unspecified atom stereocenters. The van der Waals surface area contributed by atoms with Crippen molar-refractivity contribution in [2.75, 3.05) is 0 Å². The summed E-state index contributed by atoms with van der Waals surface area (Å²) >= 11 is 0. The van der Waals surface area contributed by atoms with Gasteiger partial charge in [-0.15, -0.1) is 0 Å². The molecule has 0 saturated carbocycles. The first kappa shape index (κ1) is 21.3. The number of benzene rings is 5. The molecule has 8 rings (SSSR count). The Morgan fingerprint density at radius 3 is 2.32 bits per heavy atom. The van der Waals surface area contributed by atoms with Gasteiger partial charge in [-0.3, -0.25) is 4.57 Å². The molecule has 0 N–H and O–H groups in total. The highest BCUT2D eigenvalue weighted by molar-refractivity contribution is 6.09. The number of hydrogen-bond donors (Lipinski definition) is 0. The maximum Gasteiger partial charge on any atom is 0.162 e. The zero-order valence-corrected chi connectivity index (χ0v) is 21.2. The van der Waals surface area contributed by atoms with Gasteiger partial charge in [0.25, 0.3) is 0 Å². The Kier molecular flexibility index (Phi) is 4.25. The Hall–Kier alpha value is -4.83. The first-order valence-corrected chi connectivity index (χ1v) is 13.0. The first-order valence-electron chi connectivity index (χ1n) is 13.0. The summed E-state index contributed by atoms with van der Waals surface area (Å²) in [6.07, 6.45) is 0. The highest BCUT2D eigenvalue weighted by Crippen LogP contribution is 2.47. The predicted octanol–water partition coefficient (Wildman–Crippen LogP) is 8.10. The van der Waals surface area contributed by atoms with Gasteiger partial charge in [-0.25, -0.2) is 15.0 Å². The van der Waals surface area contributed by atoms with E-state index in [9.17, 15) is 0 Å². The quantitative estimate of drug-likeness (QED) is 0.231. The standard InChI is InChI=1S/C34H24N4/c1-34(2)26-16-10-15-25(31(26)38-28-18-9-8-17-27(28)35-33(34)38)32-36-29(22-12-4-3-5-13-22)24-20-19-21-11-6-7-14-23(21)30(24)37-32/h3-20H,1-2H3. The van der Waals surface area contributed by atoms with Gasteiger partial charge in [0.05, 0.1) is 33.3 Å². The molecule has 38 heavy (non-hydrogen) atoms. The average Bonchev–Trinajstić information content (AvgIpc) is 3.46.